The summed E-state index contributed by atoms with van der Waals surface area (Å²) in [6, 6.07) is 14.5. The molecular weight excluding hydrogens is 505 g/mol. The van der Waals surface area contributed by atoms with E-state index in [1.165, 1.54) is 12.4 Å². The van der Waals surface area contributed by atoms with Gasteiger partial charge in [0.15, 0.2) is 11.8 Å². The van der Waals surface area contributed by atoms with Crippen molar-refractivity contribution >= 4 is 29.9 Å². The Morgan fingerprint density at radius 3 is 2.73 bits per heavy atom. The van der Waals surface area contributed by atoms with Crippen molar-refractivity contribution in [2.45, 2.75) is 26.6 Å². The molecule has 0 saturated heterocycles. The molecule has 1 heterocycles. The first-order valence-corrected chi connectivity index (χ1v) is 9.15. The maximum Gasteiger partial charge on any atom is 0.387 e. The van der Waals surface area contributed by atoms with Gasteiger partial charge in [0.05, 0.1) is 6.54 Å². The minimum Gasteiger partial charge on any atom is -0.434 e. The fourth-order valence-corrected chi connectivity index (χ4v) is 2.71. The number of ether oxygens (including phenoxy) is 1. The number of para-hydroxylation sites is 1. The van der Waals surface area contributed by atoms with E-state index in [0.717, 1.165) is 11.1 Å². The number of H-pyrrole nitrogens is 1. The lowest BCUT2D eigenvalue weighted by Crippen LogP contribution is -2.36. The van der Waals surface area contributed by atoms with Crippen LogP contribution in [0.1, 0.15) is 18.1 Å². The van der Waals surface area contributed by atoms with Gasteiger partial charge in [-0.15, -0.1) is 24.0 Å². The van der Waals surface area contributed by atoms with Crippen molar-refractivity contribution in [1.29, 1.82) is 0 Å². The highest BCUT2D eigenvalue weighted by molar-refractivity contribution is 14.0. The summed E-state index contributed by atoms with van der Waals surface area (Å²) >= 11 is 0. The normalized spacial score (nSPS) is 11.1. The Morgan fingerprint density at radius 2 is 2.00 bits per heavy atom. The van der Waals surface area contributed by atoms with Crippen molar-refractivity contribution in [2.24, 2.45) is 4.99 Å². The van der Waals surface area contributed by atoms with Crippen molar-refractivity contribution in [3.63, 3.8) is 0 Å². The van der Waals surface area contributed by atoms with Crippen LogP contribution in [0.4, 0.5) is 8.78 Å². The van der Waals surface area contributed by atoms with Gasteiger partial charge in [0.1, 0.15) is 12.1 Å². The molecule has 0 aliphatic carbocycles. The van der Waals surface area contributed by atoms with Crippen molar-refractivity contribution in [3.05, 3.63) is 66.0 Å². The van der Waals surface area contributed by atoms with Crippen molar-refractivity contribution in [3.8, 4) is 17.1 Å². The average Bonchev–Trinajstić information content (AvgIpc) is 3.26. The highest BCUT2D eigenvalue weighted by Gasteiger charge is 2.09. The summed E-state index contributed by atoms with van der Waals surface area (Å²) in [5.74, 6) is 1.41. The summed E-state index contributed by atoms with van der Waals surface area (Å²) in [5, 5.41) is 13.0. The van der Waals surface area contributed by atoms with Gasteiger partial charge in [0.2, 0.25) is 0 Å². The molecule has 2 aromatic carbocycles. The Labute approximate surface area is 190 Å². The van der Waals surface area contributed by atoms with E-state index in [9.17, 15) is 8.78 Å². The van der Waals surface area contributed by atoms with E-state index in [-0.39, 0.29) is 29.7 Å². The van der Waals surface area contributed by atoms with Gasteiger partial charge in [0.25, 0.3) is 0 Å². The molecule has 0 aliphatic heterocycles. The largest absolute Gasteiger partial charge is 0.434 e. The molecule has 3 rings (SSSR count). The minimum atomic E-state index is -2.87. The molecule has 0 aliphatic rings. The Bertz CT molecular complexity index is 937. The van der Waals surface area contributed by atoms with Crippen molar-refractivity contribution < 1.29 is 13.5 Å². The maximum absolute atomic E-state index is 12.6. The number of aromatic nitrogens is 3. The number of aromatic amines is 1. The summed E-state index contributed by atoms with van der Waals surface area (Å²) in [7, 11) is 0. The van der Waals surface area contributed by atoms with Crippen LogP contribution in [0.25, 0.3) is 11.4 Å². The third kappa shape index (κ3) is 6.94. The maximum atomic E-state index is 12.6. The van der Waals surface area contributed by atoms with Crippen molar-refractivity contribution in [2.75, 3.05) is 6.54 Å². The number of hydrogen-bond acceptors (Lipinski definition) is 4. The Kier molecular flexibility index (Phi) is 9.45. The SMILES string of the molecule is CCNC(=NCc1cccc(-c2ncn[nH]2)c1)NCc1ccccc1OC(F)F.I. The van der Waals surface area contributed by atoms with Crippen LogP contribution in [0.3, 0.4) is 0 Å². The molecule has 30 heavy (non-hydrogen) atoms. The van der Waals surface area contributed by atoms with Crippen LogP contribution in [0.2, 0.25) is 0 Å². The number of rotatable bonds is 8. The van der Waals surface area contributed by atoms with Gasteiger partial charge >= 0.3 is 6.61 Å². The molecule has 0 saturated carbocycles. The average molecular weight is 528 g/mol. The van der Waals surface area contributed by atoms with Gasteiger partial charge in [0, 0.05) is 24.2 Å². The first-order valence-electron chi connectivity index (χ1n) is 9.15. The van der Waals surface area contributed by atoms with Crippen LogP contribution in [0.15, 0.2) is 59.9 Å². The van der Waals surface area contributed by atoms with Crippen molar-refractivity contribution in [1.82, 2.24) is 25.8 Å². The van der Waals surface area contributed by atoms with E-state index < -0.39 is 6.61 Å². The number of benzene rings is 2. The molecule has 0 radical (unpaired) electrons. The quantitative estimate of drug-likeness (QED) is 0.234. The molecule has 7 nitrogen and oxygen atoms in total. The Hall–Kier alpha value is -2.76. The lowest BCUT2D eigenvalue weighted by atomic mass is 10.1. The number of guanidine groups is 1. The van der Waals surface area contributed by atoms with Gasteiger partial charge in [-0.3, -0.25) is 5.10 Å². The third-order valence-corrected chi connectivity index (χ3v) is 4.01. The van der Waals surface area contributed by atoms with E-state index in [2.05, 4.69) is 35.5 Å². The summed E-state index contributed by atoms with van der Waals surface area (Å²) in [5.41, 5.74) is 2.54. The molecule has 0 spiro atoms. The topological polar surface area (TPSA) is 87.2 Å². The summed E-state index contributed by atoms with van der Waals surface area (Å²) < 4.78 is 29.7. The van der Waals surface area contributed by atoms with Crippen LogP contribution in [-0.2, 0) is 13.1 Å². The molecule has 160 valence electrons. The molecular formula is C20H23F2IN6O. The molecule has 0 atom stereocenters. The van der Waals surface area contributed by atoms with Gasteiger partial charge < -0.3 is 15.4 Å². The number of hydrogen-bond donors (Lipinski definition) is 3. The number of alkyl halides is 2. The molecule has 0 bridgehead atoms. The molecule has 0 fully saturated rings. The number of nitrogens with zero attached hydrogens (tertiary/aromatic N) is 3. The Morgan fingerprint density at radius 1 is 1.17 bits per heavy atom. The minimum absolute atomic E-state index is 0. The zero-order valence-electron chi connectivity index (χ0n) is 16.3. The van der Waals surface area contributed by atoms with Gasteiger partial charge in [-0.25, -0.2) is 9.98 Å². The molecule has 1 aromatic heterocycles. The van der Waals surface area contributed by atoms with E-state index in [1.807, 2.05) is 31.2 Å². The van der Waals surface area contributed by atoms with Crippen LogP contribution in [0.5, 0.6) is 5.75 Å². The second kappa shape index (κ2) is 12.1. The summed E-state index contributed by atoms with van der Waals surface area (Å²) in [6.45, 7) is 0.489. The number of aliphatic imine (C=N–C) groups is 1. The molecule has 0 unspecified atom stereocenters. The Balaban J connectivity index is 0.00000320. The second-order valence-electron chi connectivity index (χ2n) is 6.07. The van der Waals surface area contributed by atoms with Crippen LogP contribution in [0, 0.1) is 0 Å². The second-order valence-corrected chi connectivity index (χ2v) is 6.07. The zero-order chi connectivity index (χ0) is 20.5. The fraction of sp³-hybridized carbons (Fsp3) is 0.250. The van der Waals surface area contributed by atoms with Gasteiger partial charge in [-0.2, -0.15) is 13.9 Å². The van der Waals surface area contributed by atoms with E-state index >= 15 is 0 Å². The van der Waals surface area contributed by atoms with Crippen LogP contribution < -0.4 is 15.4 Å². The highest BCUT2D eigenvalue weighted by Crippen LogP contribution is 2.20. The molecule has 3 aromatic rings. The van der Waals surface area contributed by atoms with Crippen LogP contribution >= 0.6 is 24.0 Å². The highest BCUT2D eigenvalue weighted by atomic mass is 127. The van der Waals surface area contributed by atoms with Crippen LogP contribution in [-0.4, -0.2) is 34.3 Å². The first-order chi connectivity index (χ1) is 14.2. The molecule has 0 amide bonds. The fourth-order valence-electron chi connectivity index (χ4n) is 2.71. The van der Waals surface area contributed by atoms with Gasteiger partial charge in [-0.05, 0) is 24.6 Å². The predicted molar refractivity (Wildman–Crippen MR) is 122 cm³/mol. The van der Waals surface area contributed by atoms with E-state index in [4.69, 9.17) is 0 Å². The molecule has 3 N–H and O–H groups in total. The summed E-state index contributed by atoms with van der Waals surface area (Å²) in [6.07, 6.45) is 1.46. The smallest absolute Gasteiger partial charge is 0.387 e. The van der Waals surface area contributed by atoms with E-state index in [0.29, 0.717) is 37.0 Å². The van der Waals surface area contributed by atoms with E-state index in [1.54, 1.807) is 18.2 Å². The monoisotopic (exact) mass is 528 g/mol. The summed E-state index contributed by atoms with van der Waals surface area (Å²) in [4.78, 5) is 8.72. The zero-order valence-corrected chi connectivity index (χ0v) is 18.6. The third-order valence-electron chi connectivity index (χ3n) is 4.01. The number of nitrogens with one attached hydrogen (secondary N) is 3. The standard InChI is InChI=1S/C20H22F2N6O.HI/c1-2-23-20(25-12-16-7-3-4-9-17(16)29-19(21)22)24-11-14-6-5-8-15(10-14)18-26-13-27-28-18;/h3-10,13,19H,2,11-12H2,1H3,(H2,23,24,25)(H,26,27,28);1H. The molecule has 10 heteroatoms. The predicted octanol–water partition coefficient (Wildman–Crippen LogP) is 3.95. The lowest BCUT2D eigenvalue weighted by Gasteiger charge is -2.14. The first kappa shape index (κ1) is 23.5. The number of halogens is 3. The van der Waals surface area contributed by atoms with Gasteiger partial charge in [-0.1, -0.05) is 36.4 Å². The lowest BCUT2D eigenvalue weighted by molar-refractivity contribution is -0.0504.